The van der Waals surface area contributed by atoms with E-state index < -0.39 is 42.4 Å². The summed E-state index contributed by atoms with van der Waals surface area (Å²) in [6, 6.07) is 13.8. The first-order chi connectivity index (χ1) is 19.3. The summed E-state index contributed by atoms with van der Waals surface area (Å²) in [6.07, 6.45) is 1.29. The van der Waals surface area contributed by atoms with Crippen molar-refractivity contribution in [1.29, 1.82) is 0 Å². The Hall–Kier alpha value is -4.59. The molecule has 0 spiro atoms. The van der Waals surface area contributed by atoms with Crippen molar-refractivity contribution in [2.45, 2.75) is 0 Å². The molecule has 0 aromatic heterocycles. The molecule has 0 aliphatic heterocycles. The van der Waals surface area contributed by atoms with E-state index in [1.807, 2.05) is 45.2 Å². The molecule has 0 radical (unpaired) electrons. The molecule has 0 fully saturated rings. The summed E-state index contributed by atoms with van der Waals surface area (Å²) in [5, 5.41) is 56.7. The Kier molecular flexibility index (Phi) is 8.52. The van der Waals surface area contributed by atoms with Gasteiger partial charge in [0.1, 0.15) is 5.75 Å². The number of aliphatic imine (C=N–C) groups is 1. The summed E-state index contributed by atoms with van der Waals surface area (Å²) >= 11 is 3.97. The van der Waals surface area contributed by atoms with Crippen LogP contribution in [-0.2, 0) is 0 Å². The van der Waals surface area contributed by atoms with E-state index in [0.29, 0.717) is 3.57 Å². The number of halogens is 2. The Balaban J connectivity index is 2.07. The highest BCUT2D eigenvalue weighted by molar-refractivity contribution is 14.1. The van der Waals surface area contributed by atoms with Crippen molar-refractivity contribution in [1.82, 2.24) is 0 Å². The summed E-state index contributed by atoms with van der Waals surface area (Å²) in [6.45, 7) is 0. The van der Waals surface area contributed by atoms with Gasteiger partial charge >= 0.3 is 0 Å². The Bertz CT molecular complexity index is 1650. The van der Waals surface area contributed by atoms with Crippen molar-refractivity contribution in [2.24, 2.45) is 4.99 Å². The van der Waals surface area contributed by atoms with Gasteiger partial charge in [0.2, 0.25) is 0 Å². The quantitative estimate of drug-likeness (QED) is 0.0822. The molecule has 0 saturated carbocycles. The SMILES string of the molecule is O=[N+]([O-])c1cc(-c2cccc(-c3cc([N+](=O)[O-])cc([N+](=O)[O-])c3)c2N=Cc2cc(I)cc(I)c2O)cc([N+](=O)[O-])c1. The van der Waals surface area contributed by atoms with Crippen molar-refractivity contribution >= 4 is 79.8 Å². The zero-order chi connectivity index (χ0) is 30.0. The van der Waals surface area contributed by atoms with E-state index in [4.69, 9.17) is 0 Å². The van der Waals surface area contributed by atoms with E-state index in [1.165, 1.54) is 24.4 Å². The van der Waals surface area contributed by atoms with E-state index in [-0.39, 0.29) is 39.3 Å². The molecule has 4 aromatic carbocycles. The Labute approximate surface area is 256 Å². The third-order valence-electron chi connectivity index (χ3n) is 5.70. The van der Waals surface area contributed by atoms with Crippen molar-refractivity contribution in [3.63, 3.8) is 0 Å². The molecule has 0 saturated heterocycles. The number of nitrogens with zero attached hydrogens (tertiary/aromatic N) is 5. The van der Waals surface area contributed by atoms with Gasteiger partial charge in [0.15, 0.2) is 0 Å². The number of hydrogen-bond donors (Lipinski definition) is 1. The molecule has 0 amide bonds. The largest absolute Gasteiger partial charge is 0.506 e. The maximum atomic E-state index is 11.5. The average molecular weight is 781 g/mol. The lowest BCUT2D eigenvalue weighted by Crippen LogP contribution is -1.96. The lowest BCUT2D eigenvalue weighted by molar-refractivity contribution is -0.394. The van der Waals surface area contributed by atoms with Crippen molar-refractivity contribution < 1.29 is 24.8 Å². The van der Waals surface area contributed by atoms with Crippen molar-refractivity contribution in [2.75, 3.05) is 0 Å². The van der Waals surface area contributed by atoms with Crippen LogP contribution in [0.15, 0.2) is 71.7 Å². The van der Waals surface area contributed by atoms with Gasteiger partial charge in [-0.05, 0) is 68.4 Å². The van der Waals surface area contributed by atoms with Crippen LogP contribution in [0.5, 0.6) is 5.75 Å². The number of benzene rings is 4. The monoisotopic (exact) mass is 781 g/mol. The number of phenolic OH excluding ortho intramolecular Hbond substituents is 1. The topological polar surface area (TPSA) is 205 Å². The van der Waals surface area contributed by atoms with Gasteiger partial charge in [0, 0.05) is 50.7 Å². The van der Waals surface area contributed by atoms with E-state index in [2.05, 4.69) is 4.99 Å². The number of hydrogen-bond acceptors (Lipinski definition) is 10. The molecule has 0 heterocycles. The molecule has 0 aliphatic carbocycles. The van der Waals surface area contributed by atoms with Gasteiger partial charge in [-0.1, -0.05) is 18.2 Å². The second-order valence-corrected chi connectivity index (χ2v) is 10.7. The fraction of sp³-hybridized carbons (Fsp3) is 0. The van der Waals surface area contributed by atoms with Gasteiger partial charge in [-0.25, -0.2) is 0 Å². The zero-order valence-corrected chi connectivity index (χ0v) is 24.4. The number of non-ortho nitro benzene ring substituents is 4. The molecule has 14 nitrogen and oxygen atoms in total. The van der Waals surface area contributed by atoms with Gasteiger partial charge in [0.05, 0.1) is 41.1 Å². The van der Waals surface area contributed by atoms with Crippen LogP contribution < -0.4 is 0 Å². The minimum Gasteiger partial charge on any atom is -0.506 e. The molecule has 0 aliphatic rings. The zero-order valence-electron chi connectivity index (χ0n) is 20.1. The number of rotatable bonds is 8. The van der Waals surface area contributed by atoms with Gasteiger partial charge in [-0.3, -0.25) is 45.4 Å². The van der Waals surface area contributed by atoms with Gasteiger partial charge < -0.3 is 5.11 Å². The molecular weight excluding hydrogens is 768 g/mol. The van der Waals surface area contributed by atoms with Gasteiger partial charge in [0.25, 0.3) is 22.7 Å². The molecule has 0 atom stereocenters. The lowest BCUT2D eigenvalue weighted by atomic mass is 9.95. The van der Waals surface area contributed by atoms with Crippen LogP contribution in [0.3, 0.4) is 0 Å². The summed E-state index contributed by atoms with van der Waals surface area (Å²) < 4.78 is 1.29. The van der Waals surface area contributed by atoms with Crippen LogP contribution in [0, 0.1) is 47.6 Å². The number of para-hydroxylation sites is 1. The van der Waals surface area contributed by atoms with Crippen molar-refractivity contribution in [3.05, 3.63) is 120 Å². The highest BCUT2D eigenvalue weighted by Crippen LogP contribution is 2.43. The van der Waals surface area contributed by atoms with E-state index in [1.54, 1.807) is 12.1 Å². The molecule has 1 N–H and O–H groups in total. The van der Waals surface area contributed by atoms with E-state index in [0.717, 1.165) is 40.0 Å². The number of nitro benzene ring substituents is 4. The van der Waals surface area contributed by atoms with Crippen molar-refractivity contribution in [3.8, 4) is 28.0 Å². The molecule has 4 rings (SSSR count). The van der Waals surface area contributed by atoms with E-state index in [9.17, 15) is 45.6 Å². The molecule has 4 aromatic rings. The number of nitro groups is 4. The molecule has 0 unspecified atom stereocenters. The Morgan fingerprint density at radius 1 is 0.659 bits per heavy atom. The highest BCUT2D eigenvalue weighted by atomic mass is 127. The van der Waals surface area contributed by atoms with Crippen LogP contribution in [0.4, 0.5) is 28.4 Å². The van der Waals surface area contributed by atoms with Crippen LogP contribution in [0.25, 0.3) is 22.3 Å². The summed E-state index contributed by atoms with van der Waals surface area (Å²) in [5.41, 5.74) is -1.57. The molecule has 41 heavy (non-hydrogen) atoms. The molecule has 206 valence electrons. The molecule has 0 bridgehead atoms. The van der Waals surface area contributed by atoms with E-state index >= 15 is 0 Å². The summed E-state index contributed by atoms with van der Waals surface area (Å²) in [7, 11) is 0. The fourth-order valence-electron chi connectivity index (χ4n) is 3.89. The predicted molar refractivity (Wildman–Crippen MR) is 165 cm³/mol. The Morgan fingerprint density at radius 3 is 1.46 bits per heavy atom. The third-order valence-corrected chi connectivity index (χ3v) is 7.14. The molecule has 16 heteroatoms. The second-order valence-electron chi connectivity index (χ2n) is 8.29. The normalized spacial score (nSPS) is 11.0. The highest BCUT2D eigenvalue weighted by Gasteiger charge is 2.23. The van der Waals surface area contributed by atoms with Gasteiger partial charge in [-0.2, -0.15) is 0 Å². The van der Waals surface area contributed by atoms with Crippen LogP contribution in [0.1, 0.15) is 5.56 Å². The standard InChI is InChI=1S/C25H13I2N5O9/c26-16-4-15(25(33)23(27)9-16)12-28-24-21(13-5-17(29(34)35)10-18(6-13)30(36)37)2-1-3-22(24)14-7-19(31(38)39)11-20(8-14)32(40)41/h1-12,33H. The maximum absolute atomic E-state index is 11.5. The first kappa shape index (κ1) is 29.4. The average Bonchev–Trinajstić information content (AvgIpc) is 2.93. The van der Waals surface area contributed by atoms with Crippen LogP contribution >= 0.6 is 45.2 Å². The fourth-order valence-corrected chi connectivity index (χ4v) is 5.78. The van der Waals surface area contributed by atoms with Crippen LogP contribution in [-0.4, -0.2) is 31.0 Å². The minimum atomic E-state index is -0.793. The second kappa shape index (κ2) is 11.9. The minimum absolute atomic E-state index is 0.0290. The first-order valence-corrected chi connectivity index (χ1v) is 13.2. The number of phenols is 1. The maximum Gasteiger partial charge on any atom is 0.276 e. The lowest BCUT2D eigenvalue weighted by Gasteiger charge is -2.13. The number of aromatic hydroxyl groups is 1. The smallest absolute Gasteiger partial charge is 0.276 e. The summed E-state index contributed by atoms with van der Waals surface area (Å²) in [5.74, 6) is -0.0919. The third kappa shape index (κ3) is 6.43. The first-order valence-electron chi connectivity index (χ1n) is 11.1. The van der Waals surface area contributed by atoms with Crippen LogP contribution in [0.2, 0.25) is 0 Å². The Morgan fingerprint density at radius 2 is 1.07 bits per heavy atom. The predicted octanol–water partition coefficient (Wildman–Crippen LogP) is 7.32. The molecular formula is C25H13I2N5O9. The van der Waals surface area contributed by atoms with Gasteiger partial charge in [-0.15, -0.1) is 0 Å². The summed E-state index contributed by atoms with van der Waals surface area (Å²) in [4.78, 5) is 47.5.